The lowest BCUT2D eigenvalue weighted by molar-refractivity contribution is 1.12. The van der Waals surface area contributed by atoms with Crippen molar-refractivity contribution >= 4 is 41.2 Å². The summed E-state index contributed by atoms with van der Waals surface area (Å²) in [5, 5.41) is 0. The van der Waals surface area contributed by atoms with Gasteiger partial charge in [0.15, 0.2) is 0 Å². The molecule has 0 amide bonds. The number of benzene rings is 4. The fourth-order valence-corrected chi connectivity index (χ4v) is 4.46. The Bertz CT molecular complexity index is 1570. The van der Waals surface area contributed by atoms with Crippen LogP contribution in [0.5, 0.6) is 0 Å². The molecule has 0 aliphatic rings. The van der Waals surface area contributed by atoms with Gasteiger partial charge in [0.1, 0.15) is 7.85 Å². The molecule has 0 saturated heterocycles. The Morgan fingerprint density at radius 1 is 0.700 bits per heavy atom. The Hall–Kier alpha value is -3.79. The second kappa shape index (κ2) is 6.36. The molecule has 6 aromatic rings. The molecular weight excluding hydrogens is 365 g/mol. The Kier molecular flexibility index (Phi) is 3.63. The van der Waals surface area contributed by atoms with Gasteiger partial charge in [0.25, 0.3) is 0 Å². The van der Waals surface area contributed by atoms with E-state index in [1.54, 1.807) is 0 Å². The molecule has 0 fully saturated rings. The first-order chi connectivity index (χ1) is 14.7. The summed E-state index contributed by atoms with van der Waals surface area (Å²) < 4.78 is 4.44. The molecule has 2 heterocycles. The van der Waals surface area contributed by atoms with Crippen LogP contribution < -0.4 is 5.46 Å². The van der Waals surface area contributed by atoms with Crippen molar-refractivity contribution < 1.29 is 0 Å². The molecular formula is C26H18BN3. The van der Waals surface area contributed by atoms with Gasteiger partial charge in [-0.05, 0) is 42.3 Å². The van der Waals surface area contributed by atoms with Gasteiger partial charge in [-0.25, -0.2) is 4.98 Å². The highest BCUT2D eigenvalue weighted by Gasteiger charge is 2.20. The lowest BCUT2D eigenvalue weighted by Gasteiger charge is -2.13. The molecule has 2 radical (unpaired) electrons. The number of rotatable bonds is 2. The van der Waals surface area contributed by atoms with Gasteiger partial charge in [-0.2, -0.15) is 0 Å². The van der Waals surface area contributed by atoms with Crippen LogP contribution in [0, 0.1) is 6.92 Å². The van der Waals surface area contributed by atoms with Crippen LogP contribution in [-0.2, 0) is 0 Å². The Labute approximate surface area is 175 Å². The molecule has 140 valence electrons. The van der Waals surface area contributed by atoms with Gasteiger partial charge in [0.05, 0.1) is 22.1 Å². The molecule has 0 saturated carbocycles. The van der Waals surface area contributed by atoms with Crippen molar-refractivity contribution in [3.63, 3.8) is 0 Å². The Morgan fingerprint density at radius 3 is 2.27 bits per heavy atom. The van der Waals surface area contributed by atoms with Gasteiger partial charge in [0.2, 0.25) is 5.78 Å². The third-order valence-corrected chi connectivity index (χ3v) is 5.84. The van der Waals surface area contributed by atoms with E-state index in [9.17, 15) is 0 Å². The van der Waals surface area contributed by atoms with E-state index < -0.39 is 0 Å². The third kappa shape index (κ3) is 2.31. The number of hydrogen-bond donors (Lipinski definition) is 0. The second-order valence-electron chi connectivity index (χ2n) is 7.62. The third-order valence-electron chi connectivity index (χ3n) is 5.84. The first-order valence-electron chi connectivity index (χ1n) is 10.1. The van der Waals surface area contributed by atoms with Gasteiger partial charge < -0.3 is 0 Å². The first kappa shape index (κ1) is 17.1. The van der Waals surface area contributed by atoms with Crippen molar-refractivity contribution in [3.8, 4) is 16.8 Å². The smallest absolute Gasteiger partial charge is 0.220 e. The van der Waals surface area contributed by atoms with Crippen LogP contribution in [0.25, 0.3) is 44.7 Å². The maximum atomic E-state index is 6.45. The standard InChI is InChI=1S/C26H18BN3/c1-17-9-2-3-10-18(17)19-11-8-16-24-25(19)30(22-14-6-4-12-20(22)27)26-28-21-13-5-7-15-23(21)29(24)26/h2-16H,1H3. The van der Waals surface area contributed by atoms with Crippen LogP contribution in [0.3, 0.4) is 0 Å². The molecule has 0 N–H and O–H groups in total. The molecule has 4 heteroatoms. The van der Waals surface area contributed by atoms with Gasteiger partial charge in [-0.15, -0.1) is 0 Å². The molecule has 30 heavy (non-hydrogen) atoms. The minimum absolute atomic E-state index is 0.726. The molecule has 0 aliphatic carbocycles. The van der Waals surface area contributed by atoms with Crippen LogP contribution >= 0.6 is 0 Å². The van der Waals surface area contributed by atoms with Gasteiger partial charge in [-0.1, -0.05) is 72.2 Å². The molecule has 4 aromatic carbocycles. The summed E-state index contributed by atoms with van der Waals surface area (Å²) in [4.78, 5) is 5.00. The number of para-hydroxylation sites is 4. The van der Waals surface area contributed by atoms with Gasteiger partial charge in [-0.3, -0.25) is 8.97 Å². The van der Waals surface area contributed by atoms with E-state index in [-0.39, 0.29) is 0 Å². The zero-order chi connectivity index (χ0) is 20.2. The van der Waals surface area contributed by atoms with Crippen LogP contribution in [-0.4, -0.2) is 21.8 Å². The highest BCUT2D eigenvalue weighted by molar-refractivity contribution is 6.35. The van der Waals surface area contributed by atoms with E-state index in [2.05, 4.69) is 82.6 Å². The summed E-state index contributed by atoms with van der Waals surface area (Å²) >= 11 is 0. The van der Waals surface area contributed by atoms with E-state index in [0.29, 0.717) is 0 Å². The summed E-state index contributed by atoms with van der Waals surface area (Å²) in [6.07, 6.45) is 0. The lowest BCUT2D eigenvalue weighted by Crippen LogP contribution is -2.12. The van der Waals surface area contributed by atoms with Crippen LogP contribution in [0.2, 0.25) is 0 Å². The molecule has 0 atom stereocenters. The van der Waals surface area contributed by atoms with Gasteiger partial charge in [0, 0.05) is 11.3 Å². The topological polar surface area (TPSA) is 22.2 Å². The maximum Gasteiger partial charge on any atom is 0.220 e. The predicted molar refractivity (Wildman–Crippen MR) is 125 cm³/mol. The summed E-state index contributed by atoms with van der Waals surface area (Å²) in [5.74, 6) is 0.866. The van der Waals surface area contributed by atoms with Crippen molar-refractivity contribution in [3.05, 3.63) is 96.6 Å². The monoisotopic (exact) mass is 383 g/mol. The highest BCUT2D eigenvalue weighted by Crippen LogP contribution is 2.36. The number of imidazole rings is 2. The van der Waals surface area contributed by atoms with E-state index >= 15 is 0 Å². The first-order valence-corrected chi connectivity index (χ1v) is 10.1. The molecule has 0 aliphatic heterocycles. The fourth-order valence-electron chi connectivity index (χ4n) is 4.46. The molecule has 0 spiro atoms. The highest BCUT2D eigenvalue weighted by atomic mass is 15.2. The van der Waals surface area contributed by atoms with E-state index in [1.807, 2.05) is 24.3 Å². The number of hydrogen-bond acceptors (Lipinski definition) is 1. The largest absolute Gasteiger partial charge is 0.278 e. The summed E-state index contributed by atoms with van der Waals surface area (Å²) in [6, 6.07) is 31.2. The van der Waals surface area contributed by atoms with E-state index in [0.717, 1.165) is 39.0 Å². The average Bonchev–Trinajstić information content (AvgIpc) is 3.29. The maximum absolute atomic E-state index is 6.45. The van der Waals surface area contributed by atoms with Crippen LogP contribution in [0.15, 0.2) is 91.0 Å². The van der Waals surface area contributed by atoms with Crippen molar-refractivity contribution in [2.45, 2.75) is 6.92 Å². The Balaban J connectivity index is 1.88. The molecule has 2 aromatic heterocycles. The van der Waals surface area contributed by atoms with Crippen LogP contribution in [0.1, 0.15) is 5.56 Å². The van der Waals surface area contributed by atoms with Crippen molar-refractivity contribution in [1.82, 2.24) is 14.0 Å². The van der Waals surface area contributed by atoms with Gasteiger partial charge >= 0.3 is 0 Å². The minimum Gasteiger partial charge on any atom is -0.278 e. The zero-order valence-electron chi connectivity index (χ0n) is 16.6. The summed E-state index contributed by atoms with van der Waals surface area (Å²) in [5.41, 5.74) is 9.57. The zero-order valence-corrected chi connectivity index (χ0v) is 16.6. The lowest BCUT2D eigenvalue weighted by atomic mass is 9.93. The minimum atomic E-state index is 0.726. The van der Waals surface area contributed by atoms with Crippen molar-refractivity contribution in [1.29, 1.82) is 0 Å². The Morgan fingerprint density at radius 2 is 1.40 bits per heavy atom. The van der Waals surface area contributed by atoms with E-state index in [1.165, 1.54) is 16.7 Å². The summed E-state index contributed by atoms with van der Waals surface area (Å²) in [6.45, 7) is 2.15. The number of aryl methyl sites for hydroxylation is 1. The number of aromatic nitrogens is 3. The van der Waals surface area contributed by atoms with E-state index in [4.69, 9.17) is 12.8 Å². The predicted octanol–water partition coefficient (Wildman–Crippen LogP) is 5.20. The average molecular weight is 383 g/mol. The number of nitrogens with zero attached hydrogens (tertiary/aromatic N) is 3. The number of fused-ring (bicyclic) bond motifs is 5. The molecule has 0 unspecified atom stereocenters. The quantitative estimate of drug-likeness (QED) is 0.377. The second-order valence-corrected chi connectivity index (χ2v) is 7.62. The molecule has 0 bridgehead atoms. The SMILES string of the molecule is [B]c1ccccc1-n1c2c(-c3ccccc3C)cccc2n2c3ccccc3nc12. The molecule has 3 nitrogen and oxygen atoms in total. The fraction of sp³-hybridized carbons (Fsp3) is 0.0385. The summed E-state index contributed by atoms with van der Waals surface area (Å²) in [7, 11) is 6.45. The van der Waals surface area contributed by atoms with Crippen molar-refractivity contribution in [2.24, 2.45) is 0 Å². The van der Waals surface area contributed by atoms with Crippen molar-refractivity contribution in [2.75, 3.05) is 0 Å². The molecule has 6 rings (SSSR count). The van der Waals surface area contributed by atoms with Crippen LogP contribution in [0.4, 0.5) is 0 Å². The normalized spacial score (nSPS) is 11.6.